The van der Waals surface area contributed by atoms with Crippen molar-refractivity contribution in [1.29, 1.82) is 0 Å². The minimum absolute atomic E-state index is 0.271. The largest absolute Gasteiger partial charge is 0.465 e. The van der Waals surface area contributed by atoms with Crippen molar-refractivity contribution in [3.63, 3.8) is 0 Å². The van der Waals surface area contributed by atoms with Crippen molar-refractivity contribution in [2.24, 2.45) is 11.8 Å². The van der Waals surface area contributed by atoms with Gasteiger partial charge in [0.1, 0.15) is 0 Å². The maximum absolute atomic E-state index is 11.7. The third kappa shape index (κ3) is 6.97. The van der Waals surface area contributed by atoms with Crippen molar-refractivity contribution < 1.29 is 19.1 Å². The highest BCUT2D eigenvalue weighted by Crippen LogP contribution is 2.12. The molecule has 1 atom stereocenters. The Morgan fingerprint density at radius 1 is 1.00 bits per heavy atom. The fourth-order valence-corrected chi connectivity index (χ4v) is 1.27. The number of carbonyl (C=O) groups excluding carboxylic acids is 2. The first-order valence-electron chi connectivity index (χ1n) is 6.36. The van der Waals surface area contributed by atoms with E-state index in [0.717, 1.165) is 12.8 Å². The van der Waals surface area contributed by atoms with Gasteiger partial charge in [0, 0.05) is 0 Å². The summed E-state index contributed by atoms with van der Waals surface area (Å²) in [5, 5.41) is 0. The summed E-state index contributed by atoms with van der Waals surface area (Å²) in [6.07, 6.45) is 1.99. The maximum Gasteiger partial charge on any atom is 0.320 e. The van der Waals surface area contributed by atoms with Gasteiger partial charge in [-0.05, 0) is 18.8 Å². The first-order chi connectivity index (χ1) is 8.02. The Morgan fingerprint density at radius 3 is 2.06 bits per heavy atom. The zero-order valence-corrected chi connectivity index (χ0v) is 11.3. The van der Waals surface area contributed by atoms with Gasteiger partial charge in [-0.3, -0.25) is 9.59 Å². The fourth-order valence-electron chi connectivity index (χ4n) is 1.27. The second-order valence-corrected chi connectivity index (χ2v) is 4.53. The number of carbonyl (C=O) groups is 2. The molecule has 17 heavy (non-hydrogen) atoms. The number of esters is 2. The Labute approximate surface area is 104 Å². The summed E-state index contributed by atoms with van der Waals surface area (Å²) in [5.74, 6) is -1.40. The SMILES string of the molecule is CCCOC(=O)C(CCC)C(=O)OCC(C)C. The van der Waals surface area contributed by atoms with Crippen LogP contribution in [0.5, 0.6) is 0 Å². The molecule has 0 amide bonds. The van der Waals surface area contributed by atoms with E-state index in [9.17, 15) is 9.59 Å². The smallest absolute Gasteiger partial charge is 0.320 e. The van der Waals surface area contributed by atoms with Gasteiger partial charge in [-0.2, -0.15) is 0 Å². The Morgan fingerprint density at radius 2 is 1.59 bits per heavy atom. The van der Waals surface area contributed by atoms with Crippen LogP contribution in [0, 0.1) is 11.8 Å². The van der Waals surface area contributed by atoms with Crippen LogP contribution in [0.1, 0.15) is 47.0 Å². The monoisotopic (exact) mass is 244 g/mol. The highest BCUT2D eigenvalue weighted by Gasteiger charge is 2.28. The molecular weight excluding hydrogens is 220 g/mol. The fraction of sp³-hybridized carbons (Fsp3) is 0.846. The summed E-state index contributed by atoms with van der Waals surface area (Å²) in [6.45, 7) is 8.46. The van der Waals surface area contributed by atoms with Gasteiger partial charge in [0.25, 0.3) is 0 Å². The molecule has 0 aliphatic heterocycles. The summed E-state index contributed by atoms with van der Waals surface area (Å²) in [4.78, 5) is 23.4. The van der Waals surface area contributed by atoms with E-state index in [1.165, 1.54) is 0 Å². The first-order valence-corrected chi connectivity index (χ1v) is 6.36. The van der Waals surface area contributed by atoms with E-state index >= 15 is 0 Å². The van der Waals surface area contributed by atoms with Crippen LogP contribution in [0.3, 0.4) is 0 Å². The molecule has 1 unspecified atom stereocenters. The van der Waals surface area contributed by atoms with Gasteiger partial charge in [0.05, 0.1) is 13.2 Å². The molecule has 0 aromatic rings. The van der Waals surface area contributed by atoms with Crippen LogP contribution in [0.4, 0.5) is 0 Å². The Hall–Kier alpha value is -1.06. The number of ether oxygens (including phenoxy) is 2. The molecule has 4 nitrogen and oxygen atoms in total. The molecular formula is C13H24O4. The van der Waals surface area contributed by atoms with Gasteiger partial charge in [0.15, 0.2) is 5.92 Å². The van der Waals surface area contributed by atoms with Crippen molar-refractivity contribution in [1.82, 2.24) is 0 Å². The highest BCUT2D eigenvalue weighted by molar-refractivity contribution is 5.94. The topological polar surface area (TPSA) is 52.6 Å². The molecule has 0 heterocycles. The van der Waals surface area contributed by atoms with Crippen molar-refractivity contribution in [3.05, 3.63) is 0 Å². The lowest BCUT2D eigenvalue weighted by Gasteiger charge is -2.15. The lowest BCUT2D eigenvalue weighted by Crippen LogP contribution is -2.29. The van der Waals surface area contributed by atoms with E-state index in [-0.39, 0.29) is 5.92 Å². The third-order valence-corrected chi connectivity index (χ3v) is 2.15. The van der Waals surface area contributed by atoms with E-state index in [2.05, 4.69) is 0 Å². The molecule has 0 aliphatic carbocycles. The zero-order valence-electron chi connectivity index (χ0n) is 11.3. The van der Waals surface area contributed by atoms with Crippen molar-refractivity contribution in [2.45, 2.75) is 47.0 Å². The molecule has 0 saturated heterocycles. The second-order valence-electron chi connectivity index (χ2n) is 4.53. The maximum atomic E-state index is 11.7. The lowest BCUT2D eigenvalue weighted by molar-refractivity contribution is -0.163. The lowest BCUT2D eigenvalue weighted by atomic mass is 10.0. The highest BCUT2D eigenvalue weighted by atomic mass is 16.6. The van der Waals surface area contributed by atoms with Gasteiger partial charge < -0.3 is 9.47 Å². The Kier molecular flexibility index (Phi) is 8.46. The molecule has 0 spiro atoms. The Balaban J connectivity index is 4.28. The minimum atomic E-state index is -0.759. The molecule has 0 fully saturated rings. The predicted molar refractivity (Wildman–Crippen MR) is 65.4 cm³/mol. The Bertz CT molecular complexity index is 236. The van der Waals surface area contributed by atoms with Gasteiger partial charge in [0.2, 0.25) is 0 Å². The number of hydrogen-bond acceptors (Lipinski definition) is 4. The molecule has 4 heteroatoms. The van der Waals surface area contributed by atoms with Crippen LogP contribution < -0.4 is 0 Å². The molecule has 0 aromatic carbocycles. The average Bonchev–Trinajstić information content (AvgIpc) is 2.29. The molecule has 0 rings (SSSR count). The van der Waals surface area contributed by atoms with Crippen LogP contribution in [0.2, 0.25) is 0 Å². The minimum Gasteiger partial charge on any atom is -0.465 e. The van der Waals surface area contributed by atoms with Crippen molar-refractivity contribution >= 4 is 11.9 Å². The van der Waals surface area contributed by atoms with Crippen LogP contribution in [0.25, 0.3) is 0 Å². The van der Waals surface area contributed by atoms with Gasteiger partial charge >= 0.3 is 11.9 Å². The van der Waals surface area contributed by atoms with E-state index in [0.29, 0.717) is 19.6 Å². The van der Waals surface area contributed by atoms with E-state index < -0.39 is 17.9 Å². The van der Waals surface area contributed by atoms with E-state index in [1.807, 2.05) is 27.7 Å². The zero-order chi connectivity index (χ0) is 13.3. The van der Waals surface area contributed by atoms with Crippen LogP contribution in [0.15, 0.2) is 0 Å². The first kappa shape index (κ1) is 15.9. The molecule has 0 saturated carbocycles. The molecule has 100 valence electrons. The molecule has 0 bridgehead atoms. The quantitative estimate of drug-likeness (QED) is 0.486. The van der Waals surface area contributed by atoms with Crippen LogP contribution >= 0.6 is 0 Å². The van der Waals surface area contributed by atoms with Gasteiger partial charge in [-0.15, -0.1) is 0 Å². The summed E-state index contributed by atoms with van der Waals surface area (Å²) in [7, 11) is 0. The second kappa shape index (κ2) is 9.02. The van der Waals surface area contributed by atoms with Gasteiger partial charge in [-0.25, -0.2) is 0 Å². The average molecular weight is 244 g/mol. The summed E-state index contributed by atoms with van der Waals surface area (Å²) in [5.41, 5.74) is 0. The third-order valence-electron chi connectivity index (χ3n) is 2.15. The van der Waals surface area contributed by atoms with Crippen molar-refractivity contribution in [2.75, 3.05) is 13.2 Å². The summed E-state index contributed by atoms with van der Waals surface area (Å²) in [6, 6.07) is 0. The molecule has 0 N–H and O–H groups in total. The van der Waals surface area contributed by atoms with Gasteiger partial charge in [-0.1, -0.05) is 34.1 Å². The van der Waals surface area contributed by atoms with Crippen LogP contribution in [-0.4, -0.2) is 25.2 Å². The number of rotatable bonds is 8. The summed E-state index contributed by atoms with van der Waals surface area (Å²) < 4.78 is 10.1. The molecule has 0 aromatic heterocycles. The van der Waals surface area contributed by atoms with Crippen molar-refractivity contribution in [3.8, 4) is 0 Å². The predicted octanol–water partition coefficient (Wildman–Crippen LogP) is 2.56. The summed E-state index contributed by atoms with van der Waals surface area (Å²) >= 11 is 0. The number of hydrogen-bond donors (Lipinski definition) is 0. The standard InChI is InChI=1S/C13H24O4/c1-5-7-11(12(14)16-8-6-2)13(15)17-9-10(3)4/h10-11H,5-9H2,1-4H3. The van der Waals surface area contributed by atoms with Crippen LogP contribution in [-0.2, 0) is 19.1 Å². The molecule has 0 aliphatic rings. The normalized spacial score (nSPS) is 12.3. The van der Waals surface area contributed by atoms with E-state index in [4.69, 9.17) is 9.47 Å². The molecule has 0 radical (unpaired) electrons. The van der Waals surface area contributed by atoms with E-state index in [1.54, 1.807) is 0 Å².